The van der Waals surface area contributed by atoms with E-state index in [-0.39, 0.29) is 11.9 Å². The molecule has 3 amide bonds. The molecule has 2 aliphatic rings. The monoisotopic (exact) mass is 344 g/mol. The third kappa shape index (κ3) is 4.72. The highest BCUT2D eigenvalue weighted by atomic mass is 16.2. The average molecular weight is 344 g/mol. The maximum Gasteiger partial charge on any atom is 0.321 e. The van der Waals surface area contributed by atoms with Crippen molar-refractivity contribution in [2.24, 2.45) is 5.92 Å². The Morgan fingerprint density at radius 2 is 1.80 bits per heavy atom. The van der Waals surface area contributed by atoms with Crippen LogP contribution in [0.25, 0.3) is 0 Å². The summed E-state index contributed by atoms with van der Waals surface area (Å²) in [6.45, 7) is 5.19. The van der Waals surface area contributed by atoms with Crippen LogP contribution in [0.15, 0.2) is 24.3 Å². The molecule has 2 saturated heterocycles. The van der Waals surface area contributed by atoms with E-state index in [1.807, 2.05) is 4.90 Å². The minimum atomic E-state index is -0.127. The summed E-state index contributed by atoms with van der Waals surface area (Å²) in [5.74, 6) is 0.456. The highest BCUT2D eigenvalue weighted by Crippen LogP contribution is 2.21. The van der Waals surface area contributed by atoms with E-state index in [1.165, 1.54) is 32.4 Å². The second kappa shape index (κ2) is 8.34. The Labute approximate surface area is 149 Å². The number of rotatable bonds is 4. The lowest BCUT2D eigenvalue weighted by Crippen LogP contribution is -2.37. The Morgan fingerprint density at radius 1 is 1.08 bits per heavy atom. The van der Waals surface area contributed by atoms with Gasteiger partial charge >= 0.3 is 6.03 Å². The van der Waals surface area contributed by atoms with Crippen LogP contribution in [0.5, 0.6) is 0 Å². The number of nitrogens with one attached hydrogen (secondary N) is 2. The molecule has 2 N–H and O–H groups in total. The number of hydrogen-bond acceptors (Lipinski definition) is 3. The van der Waals surface area contributed by atoms with Crippen LogP contribution in [0.2, 0.25) is 0 Å². The summed E-state index contributed by atoms with van der Waals surface area (Å²) in [4.78, 5) is 28.4. The van der Waals surface area contributed by atoms with Gasteiger partial charge in [0.25, 0.3) is 5.91 Å². The van der Waals surface area contributed by atoms with E-state index in [2.05, 4.69) is 15.5 Å². The van der Waals surface area contributed by atoms with Crippen molar-refractivity contribution in [3.8, 4) is 0 Å². The minimum absolute atomic E-state index is 0.0474. The zero-order valence-electron chi connectivity index (χ0n) is 15.0. The molecule has 136 valence electrons. The van der Waals surface area contributed by atoms with Gasteiger partial charge in [0.2, 0.25) is 0 Å². The number of nitrogens with zero attached hydrogens (tertiary/aromatic N) is 2. The fraction of sp³-hybridized carbons (Fsp3) is 0.579. The minimum Gasteiger partial charge on any atom is -0.355 e. The molecule has 25 heavy (non-hydrogen) atoms. The molecule has 0 spiro atoms. The van der Waals surface area contributed by atoms with Gasteiger partial charge < -0.3 is 20.4 Å². The van der Waals surface area contributed by atoms with E-state index in [0.717, 1.165) is 31.7 Å². The van der Waals surface area contributed by atoms with E-state index < -0.39 is 0 Å². The molecule has 1 atom stereocenters. The average Bonchev–Trinajstić information content (AvgIpc) is 3.11. The third-order valence-electron chi connectivity index (χ3n) is 5.16. The number of anilines is 1. The molecule has 0 aromatic heterocycles. The zero-order valence-corrected chi connectivity index (χ0v) is 15.0. The van der Waals surface area contributed by atoms with Gasteiger partial charge in [-0.3, -0.25) is 4.79 Å². The van der Waals surface area contributed by atoms with Crippen molar-refractivity contribution in [2.75, 3.05) is 45.1 Å². The summed E-state index contributed by atoms with van der Waals surface area (Å²) in [6, 6.07) is 6.93. The molecule has 0 bridgehead atoms. The first-order valence-corrected chi connectivity index (χ1v) is 9.26. The summed E-state index contributed by atoms with van der Waals surface area (Å²) in [5, 5.41) is 5.52. The van der Waals surface area contributed by atoms with Gasteiger partial charge in [0.05, 0.1) is 0 Å². The number of hydrogen-bond donors (Lipinski definition) is 2. The van der Waals surface area contributed by atoms with Crippen LogP contribution in [-0.2, 0) is 0 Å². The van der Waals surface area contributed by atoms with Crippen LogP contribution in [0.4, 0.5) is 10.5 Å². The Kier molecular flexibility index (Phi) is 5.91. The summed E-state index contributed by atoms with van der Waals surface area (Å²) in [6.07, 6.45) is 5.06. The first-order valence-electron chi connectivity index (χ1n) is 9.26. The smallest absolute Gasteiger partial charge is 0.321 e. The van der Waals surface area contributed by atoms with Crippen LogP contribution in [0, 0.1) is 5.92 Å². The second-order valence-corrected chi connectivity index (χ2v) is 7.05. The van der Waals surface area contributed by atoms with Crippen LogP contribution < -0.4 is 10.6 Å². The maximum atomic E-state index is 12.4. The van der Waals surface area contributed by atoms with E-state index in [9.17, 15) is 9.59 Å². The summed E-state index contributed by atoms with van der Waals surface area (Å²) in [5.41, 5.74) is 1.31. The Bertz CT molecular complexity index is 596. The molecule has 2 fully saturated rings. The first kappa shape index (κ1) is 17.7. The second-order valence-electron chi connectivity index (χ2n) is 7.05. The highest BCUT2D eigenvalue weighted by Gasteiger charge is 2.28. The molecule has 6 heteroatoms. The van der Waals surface area contributed by atoms with Gasteiger partial charge in [-0.05, 0) is 62.5 Å². The van der Waals surface area contributed by atoms with Crippen LogP contribution in [-0.4, -0.2) is 61.5 Å². The maximum absolute atomic E-state index is 12.4. The summed E-state index contributed by atoms with van der Waals surface area (Å²) < 4.78 is 0. The van der Waals surface area contributed by atoms with Gasteiger partial charge in [0.1, 0.15) is 0 Å². The fourth-order valence-electron chi connectivity index (χ4n) is 3.73. The van der Waals surface area contributed by atoms with Crippen molar-refractivity contribution in [3.63, 3.8) is 0 Å². The number of carbonyl (C=O) groups is 2. The lowest BCUT2D eigenvalue weighted by Gasteiger charge is -2.29. The molecule has 0 radical (unpaired) electrons. The van der Waals surface area contributed by atoms with E-state index in [0.29, 0.717) is 11.5 Å². The number of likely N-dealkylation sites (tertiary alicyclic amines) is 2. The molecule has 2 aliphatic heterocycles. The molecule has 0 aliphatic carbocycles. The molecule has 2 heterocycles. The standard InChI is InChI=1S/C19H28N4O2/c1-20-18(24)16-5-7-17(8-6-16)21-19(25)23-12-9-15(14-23)13-22-10-3-2-4-11-22/h5-8,15H,2-4,9-14H2,1H3,(H,20,24)(H,21,25). The van der Waals surface area contributed by atoms with E-state index in [1.54, 1.807) is 31.3 Å². The predicted molar refractivity (Wildman–Crippen MR) is 98.8 cm³/mol. The van der Waals surface area contributed by atoms with Crippen molar-refractivity contribution in [1.82, 2.24) is 15.1 Å². The molecule has 1 unspecified atom stereocenters. The van der Waals surface area contributed by atoms with Gasteiger partial charge in [-0.1, -0.05) is 6.42 Å². The van der Waals surface area contributed by atoms with Gasteiger partial charge in [0, 0.05) is 37.9 Å². The Balaban J connectivity index is 1.47. The fourth-order valence-corrected chi connectivity index (χ4v) is 3.73. The molecule has 1 aromatic rings. The number of piperidine rings is 1. The van der Waals surface area contributed by atoms with Crippen LogP contribution in [0.3, 0.4) is 0 Å². The van der Waals surface area contributed by atoms with E-state index >= 15 is 0 Å². The lowest BCUT2D eigenvalue weighted by molar-refractivity contribution is 0.0963. The quantitative estimate of drug-likeness (QED) is 0.881. The van der Waals surface area contributed by atoms with Crippen LogP contribution >= 0.6 is 0 Å². The lowest BCUT2D eigenvalue weighted by atomic mass is 10.1. The van der Waals surface area contributed by atoms with Crippen molar-refractivity contribution in [2.45, 2.75) is 25.7 Å². The third-order valence-corrected chi connectivity index (χ3v) is 5.16. The van der Waals surface area contributed by atoms with Crippen molar-refractivity contribution >= 4 is 17.6 Å². The predicted octanol–water partition coefficient (Wildman–Crippen LogP) is 2.39. The number of amides is 3. The Hall–Kier alpha value is -2.08. The molecule has 0 saturated carbocycles. The molecule has 1 aromatic carbocycles. The molecule has 6 nitrogen and oxygen atoms in total. The molecular formula is C19H28N4O2. The molecule has 3 rings (SSSR count). The largest absolute Gasteiger partial charge is 0.355 e. The molecular weight excluding hydrogens is 316 g/mol. The van der Waals surface area contributed by atoms with Gasteiger partial charge in [-0.15, -0.1) is 0 Å². The van der Waals surface area contributed by atoms with Crippen molar-refractivity contribution in [1.29, 1.82) is 0 Å². The van der Waals surface area contributed by atoms with Gasteiger partial charge in [-0.2, -0.15) is 0 Å². The first-order chi connectivity index (χ1) is 12.2. The normalized spacial score (nSPS) is 21.2. The number of urea groups is 1. The topological polar surface area (TPSA) is 64.7 Å². The SMILES string of the molecule is CNC(=O)c1ccc(NC(=O)N2CCC(CN3CCCCC3)C2)cc1. The van der Waals surface area contributed by atoms with E-state index in [4.69, 9.17) is 0 Å². The number of benzene rings is 1. The zero-order chi connectivity index (χ0) is 17.6. The van der Waals surface area contributed by atoms with Crippen molar-refractivity contribution in [3.05, 3.63) is 29.8 Å². The highest BCUT2D eigenvalue weighted by molar-refractivity contribution is 5.95. The van der Waals surface area contributed by atoms with Gasteiger partial charge in [0.15, 0.2) is 0 Å². The number of carbonyl (C=O) groups excluding carboxylic acids is 2. The summed E-state index contributed by atoms with van der Waals surface area (Å²) in [7, 11) is 1.60. The Morgan fingerprint density at radius 3 is 2.48 bits per heavy atom. The van der Waals surface area contributed by atoms with Crippen molar-refractivity contribution < 1.29 is 9.59 Å². The van der Waals surface area contributed by atoms with Crippen LogP contribution in [0.1, 0.15) is 36.0 Å². The van der Waals surface area contributed by atoms with Gasteiger partial charge in [-0.25, -0.2) is 4.79 Å². The summed E-state index contributed by atoms with van der Waals surface area (Å²) >= 11 is 0.